The molecule has 35 heavy (non-hydrogen) atoms. The summed E-state index contributed by atoms with van der Waals surface area (Å²) in [5.74, 6) is -1.40. The van der Waals surface area contributed by atoms with Crippen molar-refractivity contribution in [1.82, 2.24) is 19.4 Å². The maximum absolute atomic E-state index is 14.9. The van der Waals surface area contributed by atoms with Crippen LogP contribution in [0.3, 0.4) is 0 Å². The third-order valence-corrected chi connectivity index (χ3v) is 6.66. The summed E-state index contributed by atoms with van der Waals surface area (Å²) in [6, 6.07) is 8.99. The fourth-order valence-corrected chi connectivity index (χ4v) is 4.90. The van der Waals surface area contributed by atoms with Gasteiger partial charge >= 0.3 is 0 Å². The lowest BCUT2D eigenvalue weighted by molar-refractivity contribution is 0.00457. The van der Waals surface area contributed by atoms with Gasteiger partial charge in [-0.05, 0) is 49.6 Å². The van der Waals surface area contributed by atoms with Crippen LogP contribution in [0.15, 0.2) is 47.4 Å². The zero-order valence-corrected chi connectivity index (χ0v) is 19.0. The van der Waals surface area contributed by atoms with E-state index in [0.29, 0.717) is 42.0 Å². The Balaban J connectivity index is 1.50. The van der Waals surface area contributed by atoms with E-state index < -0.39 is 11.6 Å². The summed E-state index contributed by atoms with van der Waals surface area (Å²) in [5.41, 5.74) is 3.70. The number of ether oxygens (including phenoxy) is 2. The molecule has 1 fully saturated rings. The van der Waals surface area contributed by atoms with Crippen molar-refractivity contribution in [3.8, 4) is 11.4 Å². The number of aryl methyl sites for hydroxylation is 1. The molecule has 4 aromatic rings. The largest absolute Gasteiger partial charge is 0.373 e. The first-order valence-electron chi connectivity index (χ1n) is 11.5. The third kappa shape index (κ3) is 3.90. The lowest BCUT2D eigenvalue weighted by Gasteiger charge is -2.30. The second kappa shape index (κ2) is 8.58. The van der Waals surface area contributed by atoms with Gasteiger partial charge in [0, 0.05) is 42.2 Å². The fraction of sp³-hybridized carbons (Fsp3) is 0.308. The van der Waals surface area contributed by atoms with E-state index >= 15 is 0 Å². The topological polar surface area (TPSA) is 78.6 Å². The van der Waals surface area contributed by atoms with Gasteiger partial charge in [-0.3, -0.25) is 9.78 Å². The van der Waals surface area contributed by atoms with E-state index in [-0.39, 0.29) is 42.2 Å². The first-order chi connectivity index (χ1) is 17.0. The zero-order chi connectivity index (χ0) is 24.1. The predicted octanol–water partition coefficient (Wildman–Crippen LogP) is 4.40. The highest BCUT2D eigenvalue weighted by atomic mass is 19.1. The van der Waals surface area contributed by atoms with E-state index in [2.05, 4.69) is 9.97 Å². The summed E-state index contributed by atoms with van der Waals surface area (Å²) >= 11 is 0. The summed E-state index contributed by atoms with van der Waals surface area (Å²) in [5, 5.41) is 0. The van der Waals surface area contributed by atoms with Crippen LogP contribution in [0.25, 0.3) is 17.0 Å². The summed E-state index contributed by atoms with van der Waals surface area (Å²) in [4.78, 5) is 27.0. The van der Waals surface area contributed by atoms with E-state index in [1.165, 1.54) is 10.5 Å². The Morgan fingerprint density at radius 2 is 1.97 bits per heavy atom. The molecule has 9 heteroatoms. The zero-order valence-electron chi connectivity index (χ0n) is 19.0. The number of benzene rings is 1. The van der Waals surface area contributed by atoms with Gasteiger partial charge in [-0.15, -0.1) is 0 Å². The number of pyridine rings is 1. The standard InChI is InChI=1S/C26H22F2N4O3/c1-14-8-16(4-6-29-14)23-9-15(5-7-35-23)21-11-24-30-22-13-34-12-19(22)26(33)32(24)25(31-21)18-3-2-17(27)10-20(18)28/h2-4,6,8,10-11,15,23H,5,7,9,12-13H2,1H3/t15-,23+/m0/s1. The number of halogens is 2. The van der Waals surface area contributed by atoms with Gasteiger partial charge in [0.25, 0.3) is 5.56 Å². The molecule has 0 saturated carbocycles. The molecule has 5 heterocycles. The van der Waals surface area contributed by atoms with Gasteiger partial charge in [0.1, 0.15) is 17.3 Å². The number of hydrogen-bond donors (Lipinski definition) is 0. The summed E-state index contributed by atoms with van der Waals surface area (Å²) in [6.45, 7) is 2.86. The second-order valence-corrected chi connectivity index (χ2v) is 8.97. The predicted molar refractivity (Wildman–Crippen MR) is 123 cm³/mol. The molecule has 0 radical (unpaired) electrons. The van der Waals surface area contributed by atoms with Crippen LogP contribution in [0, 0.1) is 18.6 Å². The molecular formula is C26H22F2N4O3. The average Bonchev–Trinajstić information content (AvgIpc) is 3.33. The van der Waals surface area contributed by atoms with E-state index in [4.69, 9.17) is 14.5 Å². The van der Waals surface area contributed by atoms with Gasteiger partial charge in [0.05, 0.1) is 36.1 Å². The van der Waals surface area contributed by atoms with Crippen LogP contribution in [0.1, 0.15) is 53.1 Å². The molecule has 0 bridgehead atoms. The molecule has 178 valence electrons. The van der Waals surface area contributed by atoms with Gasteiger partial charge in [-0.1, -0.05) is 0 Å². The van der Waals surface area contributed by atoms with Crippen molar-refractivity contribution in [2.45, 2.75) is 45.0 Å². The van der Waals surface area contributed by atoms with Crippen LogP contribution in [0.4, 0.5) is 8.78 Å². The Morgan fingerprint density at radius 3 is 2.80 bits per heavy atom. The maximum atomic E-state index is 14.9. The van der Waals surface area contributed by atoms with Crippen molar-refractivity contribution in [3.05, 3.63) is 92.8 Å². The maximum Gasteiger partial charge on any atom is 0.265 e. The van der Waals surface area contributed by atoms with Crippen LogP contribution in [-0.4, -0.2) is 26.0 Å². The molecule has 1 aromatic carbocycles. The molecule has 7 nitrogen and oxygen atoms in total. The van der Waals surface area contributed by atoms with Crippen molar-refractivity contribution in [1.29, 1.82) is 0 Å². The number of rotatable bonds is 3. The lowest BCUT2D eigenvalue weighted by atomic mass is 9.89. The molecule has 2 aliphatic rings. The first kappa shape index (κ1) is 21.9. The summed E-state index contributed by atoms with van der Waals surface area (Å²) in [7, 11) is 0. The normalized spacial score (nSPS) is 19.7. The molecule has 3 aromatic heterocycles. The van der Waals surface area contributed by atoms with Crippen molar-refractivity contribution >= 4 is 5.65 Å². The number of nitrogens with zero attached hydrogens (tertiary/aromatic N) is 4. The highest BCUT2D eigenvalue weighted by Crippen LogP contribution is 2.38. The Kier molecular flexibility index (Phi) is 5.38. The second-order valence-electron chi connectivity index (χ2n) is 8.97. The molecule has 0 aliphatic carbocycles. The smallest absolute Gasteiger partial charge is 0.265 e. The molecule has 1 saturated heterocycles. The van der Waals surface area contributed by atoms with Gasteiger partial charge in [-0.2, -0.15) is 0 Å². The number of fused-ring (bicyclic) bond motifs is 2. The molecule has 2 aliphatic heterocycles. The van der Waals surface area contributed by atoms with Gasteiger partial charge < -0.3 is 9.47 Å². The van der Waals surface area contributed by atoms with Gasteiger partial charge in [0.2, 0.25) is 0 Å². The minimum Gasteiger partial charge on any atom is -0.373 e. The third-order valence-electron chi connectivity index (χ3n) is 6.66. The Bertz CT molecular complexity index is 1520. The molecular weight excluding hydrogens is 454 g/mol. The van der Waals surface area contributed by atoms with Gasteiger partial charge in [0.15, 0.2) is 5.82 Å². The van der Waals surface area contributed by atoms with E-state index in [1.54, 1.807) is 12.3 Å². The molecule has 0 spiro atoms. The Hall–Kier alpha value is -3.56. The lowest BCUT2D eigenvalue weighted by Crippen LogP contribution is -2.25. The SMILES string of the molecule is Cc1cc([C@H]2C[C@@H](c3cc4nc5c(c(=O)n4c(-c4ccc(F)cc4F)n3)COC5)CCO2)ccn1. The number of hydrogen-bond acceptors (Lipinski definition) is 6. The summed E-state index contributed by atoms with van der Waals surface area (Å²) in [6.07, 6.45) is 3.01. The van der Waals surface area contributed by atoms with E-state index in [1.807, 2.05) is 19.1 Å². The average molecular weight is 476 g/mol. The van der Waals surface area contributed by atoms with Crippen molar-refractivity contribution < 1.29 is 18.3 Å². The minimum atomic E-state index is -0.795. The van der Waals surface area contributed by atoms with E-state index in [0.717, 1.165) is 23.4 Å². The van der Waals surface area contributed by atoms with Crippen molar-refractivity contribution in [3.63, 3.8) is 0 Å². The van der Waals surface area contributed by atoms with Crippen LogP contribution in [0.2, 0.25) is 0 Å². The fourth-order valence-electron chi connectivity index (χ4n) is 4.90. The van der Waals surface area contributed by atoms with Crippen LogP contribution in [-0.2, 0) is 22.7 Å². The van der Waals surface area contributed by atoms with Gasteiger partial charge in [-0.25, -0.2) is 23.1 Å². The Morgan fingerprint density at radius 1 is 1.09 bits per heavy atom. The minimum absolute atomic E-state index is 0.00381. The van der Waals surface area contributed by atoms with Crippen molar-refractivity contribution in [2.24, 2.45) is 0 Å². The van der Waals surface area contributed by atoms with Crippen LogP contribution < -0.4 is 5.56 Å². The quantitative estimate of drug-likeness (QED) is 0.436. The molecule has 0 amide bonds. The summed E-state index contributed by atoms with van der Waals surface area (Å²) < 4.78 is 41.3. The van der Waals surface area contributed by atoms with E-state index in [9.17, 15) is 13.6 Å². The monoisotopic (exact) mass is 476 g/mol. The molecule has 2 atom stereocenters. The van der Waals surface area contributed by atoms with Crippen LogP contribution in [0.5, 0.6) is 0 Å². The molecule has 0 unspecified atom stereocenters. The molecule has 0 N–H and O–H groups in total. The van der Waals surface area contributed by atoms with Crippen molar-refractivity contribution in [2.75, 3.05) is 6.61 Å². The number of aromatic nitrogens is 4. The highest BCUT2D eigenvalue weighted by Gasteiger charge is 2.29. The first-order valence-corrected chi connectivity index (χ1v) is 11.5. The highest BCUT2D eigenvalue weighted by molar-refractivity contribution is 5.61. The Labute approximate surface area is 199 Å². The van der Waals surface area contributed by atoms with Crippen LogP contribution >= 0.6 is 0 Å². The molecule has 6 rings (SSSR count).